The summed E-state index contributed by atoms with van der Waals surface area (Å²) < 4.78 is 4.50. The minimum absolute atomic E-state index is 0.166. The Hall–Kier alpha value is -2.70. The molecule has 6 nitrogen and oxygen atoms in total. The summed E-state index contributed by atoms with van der Waals surface area (Å²) in [5.41, 5.74) is 12.8. The van der Waals surface area contributed by atoms with Gasteiger partial charge in [-0.2, -0.15) is 0 Å². The van der Waals surface area contributed by atoms with Crippen molar-refractivity contribution in [2.24, 2.45) is 11.5 Å². The number of nitrogens with two attached hydrogens (primary N) is 2. The van der Waals surface area contributed by atoms with Crippen LogP contribution >= 0.6 is 0 Å². The molecule has 0 aromatic heterocycles. The van der Waals surface area contributed by atoms with E-state index in [0.29, 0.717) is 0 Å². The molecule has 24 heavy (non-hydrogen) atoms. The molecule has 0 aliphatic carbocycles. The van der Waals surface area contributed by atoms with Gasteiger partial charge in [0.25, 0.3) is 0 Å². The lowest BCUT2D eigenvalue weighted by Crippen LogP contribution is -2.31. The molecule has 2 aromatic carbocycles. The lowest BCUT2D eigenvalue weighted by Gasteiger charge is -2.09. The van der Waals surface area contributed by atoms with Crippen molar-refractivity contribution in [3.05, 3.63) is 71.8 Å². The predicted molar refractivity (Wildman–Crippen MR) is 92.8 cm³/mol. The first-order valence-corrected chi connectivity index (χ1v) is 7.41. The third-order valence-electron chi connectivity index (χ3n) is 3.30. The van der Waals surface area contributed by atoms with Crippen LogP contribution < -0.4 is 16.8 Å². The van der Waals surface area contributed by atoms with Gasteiger partial charge in [-0.05, 0) is 11.1 Å². The van der Waals surface area contributed by atoms with Crippen LogP contribution in [0.1, 0.15) is 23.2 Å². The number of esters is 1. The Morgan fingerprint density at radius 2 is 1.29 bits per heavy atom. The fourth-order valence-electron chi connectivity index (χ4n) is 1.89. The van der Waals surface area contributed by atoms with Crippen molar-refractivity contribution in [3.8, 4) is 0 Å². The highest BCUT2D eigenvalue weighted by Gasteiger charge is 2.14. The van der Waals surface area contributed by atoms with E-state index in [0.717, 1.165) is 11.1 Å². The largest absolute Gasteiger partial charge is 0.468 e. The molecule has 0 aliphatic rings. The van der Waals surface area contributed by atoms with Crippen LogP contribution in [0.25, 0.3) is 0 Å². The van der Waals surface area contributed by atoms with E-state index in [2.05, 4.69) is 10.1 Å². The highest BCUT2D eigenvalue weighted by molar-refractivity contribution is 5.82. The van der Waals surface area contributed by atoms with Gasteiger partial charge in [0.15, 0.2) is 0 Å². The Labute approximate surface area is 141 Å². The molecule has 2 rings (SSSR count). The molecule has 0 spiro atoms. The fraction of sp³-hybridized carbons (Fsp3) is 0.222. The van der Waals surface area contributed by atoms with Crippen LogP contribution in [0.15, 0.2) is 60.7 Å². The topological polar surface area (TPSA) is 107 Å². The lowest BCUT2D eigenvalue weighted by molar-refractivity contribution is -0.142. The van der Waals surface area contributed by atoms with E-state index in [1.807, 2.05) is 48.5 Å². The van der Waals surface area contributed by atoms with Crippen LogP contribution in [0, 0.1) is 0 Å². The Bertz CT molecular complexity index is 575. The number of amides is 1. The van der Waals surface area contributed by atoms with Crippen LogP contribution in [-0.4, -0.2) is 26.0 Å². The first kappa shape index (κ1) is 19.3. The van der Waals surface area contributed by atoms with Gasteiger partial charge in [0.05, 0.1) is 7.11 Å². The molecule has 6 heteroatoms. The number of carbonyl (C=O) groups is 2. The molecule has 5 N–H and O–H groups in total. The lowest BCUT2D eigenvalue weighted by atomic mass is 10.1. The number of nitrogens with one attached hydrogen (secondary N) is 1. The molecular weight excluding hydrogens is 306 g/mol. The summed E-state index contributed by atoms with van der Waals surface area (Å²) in [6.07, 6.45) is 0. The minimum Gasteiger partial charge on any atom is -0.468 e. The van der Waals surface area contributed by atoms with Crippen LogP contribution in [0.3, 0.4) is 0 Å². The Morgan fingerprint density at radius 3 is 1.67 bits per heavy atom. The van der Waals surface area contributed by atoms with E-state index < -0.39 is 18.1 Å². The van der Waals surface area contributed by atoms with Crippen molar-refractivity contribution in [1.29, 1.82) is 0 Å². The summed E-state index contributed by atoms with van der Waals surface area (Å²) >= 11 is 0. The summed E-state index contributed by atoms with van der Waals surface area (Å²) in [6.45, 7) is 0. The molecule has 0 saturated heterocycles. The monoisotopic (exact) mass is 329 g/mol. The van der Waals surface area contributed by atoms with Crippen molar-refractivity contribution >= 4 is 11.9 Å². The van der Waals surface area contributed by atoms with Crippen molar-refractivity contribution in [3.63, 3.8) is 0 Å². The third-order valence-corrected chi connectivity index (χ3v) is 3.30. The van der Waals surface area contributed by atoms with Gasteiger partial charge in [0.2, 0.25) is 5.91 Å². The molecule has 0 unspecified atom stereocenters. The van der Waals surface area contributed by atoms with E-state index in [1.165, 1.54) is 7.11 Å². The second-order valence-corrected chi connectivity index (χ2v) is 4.91. The molecule has 1 amide bonds. The molecular formula is C18H23N3O3. The molecule has 0 heterocycles. The number of hydrogen-bond acceptors (Lipinski definition) is 5. The van der Waals surface area contributed by atoms with Gasteiger partial charge in [0.1, 0.15) is 12.1 Å². The summed E-state index contributed by atoms with van der Waals surface area (Å²) in [4.78, 5) is 22.0. The van der Waals surface area contributed by atoms with Gasteiger partial charge in [-0.1, -0.05) is 60.7 Å². The molecule has 2 atom stereocenters. The molecule has 128 valence electrons. The molecule has 2 aromatic rings. The maximum atomic E-state index is 11.1. The van der Waals surface area contributed by atoms with E-state index in [4.69, 9.17) is 11.5 Å². The van der Waals surface area contributed by atoms with E-state index in [1.54, 1.807) is 19.2 Å². The molecule has 0 radical (unpaired) electrons. The zero-order chi connectivity index (χ0) is 17.9. The Kier molecular flexibility index (Phi) is 8.18. The van der Waals surface area contributed by atoms with Gasteiger partial charge in [-0.3, -0.25) is 9.59 Å². The molecule has 0 fully saturated rings. The van der Waals surface area contributed by atoms with E-state index in [9.17, 15) is 9.59 Å². The smallest absolute Gasteiger partial charge is 0.327 e. The quantitative estimate of drug-likeness (QED) is 0.733. The van der Waals surface area contributed by atoms with E-state index >= 15 is 0 Å². The van der Waals surface area contributed by atoms with Gasteiger partial charge in [-0.25, -0.2) is 0 Å². The van der Waals surface area contributed by atoms with Crippen molar-refractivity contribution < 1.29 is 14.3 Å². The zero-order valence-corrected chi connectivity index (χ0v) is 13.8. The van der Waals surface area contributed by atoms with Crippen molar-refractivity contribution in [2.45, 2.75) is 12.1 Å². The average molecular weight is 329 g/mol. The first-order chi connectivity index (χ1) is 11.5. The molecule has 0 saturated carbocycles. The number of hydrogen-bond donors (Lipinski definition) is 3. The number of ether oxygens (including phenoxy) is 1. The van der Waals surface area contributed by atoms with Crippen LogP contribution in [-0.2, 0) is 14.3 Å². The Balaban J connectivity index is 0.000000240. The van der Waals surface area contributed by atoms with Crippen LogP contribution in [0.4, 0.5) is 0 Å². The standard InChI is InChI=1S/C9H12N2O.C9H11NO2/c1-11-9(12)8(10)7-5-3-2-4-6-7;1-12-9(11)8(10)7-5-3-2-4-6-7/h2-6,8H,10H2,1H3,(H,11,12);2-6,8H,10H2,1H3/t2*8-/m00/s1. The number of benzene rings is 2. The number of methoxy groups -OCH3 is 1. The maximum Gasteiger partial charge on any atom is 0.327 e. The highest BCUT2D eigenvalue weighted by Crippen LogP contribution is 2.10. The summed E-state index contributed by atoms with van der Waals surface area (Å²) in [6, 6.07) is 17.2. The molecule has 0 aliphatic heterocycles. The predicted octanol–water partition coefficient (Wildman–Crippen LogP) is 1.29. The van der Waals surface area contributed by atoms with Gasteiger partial charge < -0.3 is 21.5 Å². The van der Waals surface area contributed by atoms with Crippen molar-refractivity contribution in [1.82, 2.24) is 5.32 Å². The summed E-state index contributed by atoms with van der Waals surface area (Å²) in [5.74, 6) is -0.581. The SMILES string of the molecule is CNC(=O)[C@@H](N)c1ccccc1.COC(=O)[C@@H](N)c1ccccc1. The second-order valence-electron chi connectivity index (χ2n) is 4.91. The molecule has 0 bridgehead atoms. The summed E-state index contributed by atoms with van der Waals surface area (Å²) in [7, 11) is 2.90. The minimum atomic E-state index is -0.670. The Morgan fingerprint density at radius 1 is 0.875 bits per heavy atom. The highest BCUT2D eigenvalue weighted by atomic mass is 16.5. The van der Waals surface area contributed by atoms with Crippen LogP contribution in [0.2, 0.25) is 0 Å². The number of rotatable bonds is 4. The summed E-state index contributed by atoms with van der Waals surface area (Å²) in [5, 5.41) is 2.50. The maximum absolute atomic E-state index is 11.1. The van der Waals surface area contributed by atoms with Gasteiger partial charge >= 0.3 is 5.97 Å². The number of likely N-dealkylation sites (N-methyl/N-ethyl adjacent to an activating group) is 1. The first-order valence-electron chi connectivity index (χ1n) is 7.41. The van der Waals surface area contributed by atoms with Crippen LogP contribution in [0.5, 0.6) is 0 Å². The van der Waals surface area contributed by atoms with Gasteiger partial charge in [0, 0.05) is 7.05 Å². The fourth-order valence-corrected chi connectivity index (χ4v) is 1.89. The average Bonchev–Trinajstić information content (AvgIpc) is 2.67. The third kappa shape index (κ3) is 5.83. The van der Waals surface area contributed by atoms with Gasteiger partial charge in [-0.15, -0.1) is 0 Å². The zero-order valence-electron chi connectivity index (χ0n) is 13.8. The normalized spacial score (nSPS) is 12.2. The number of carbonyl (C=O) groups excluding carboxylic acids is 2. The second kappa shape index (κ2) is 10.1. The van der Waals surface area contributed by atoms with E-state index in [-0.39, 0.29) is 5.91 Å². The van der Waals surface area contributed by atoms with Crippen molar-refractivity contribution in [2.75, 3.05) is 14.2 Å².